The van der Waals surface area contributed by atoms with Gasteiger partial charge in [-0.05, 0) is 173 Å². The molecule has 2 aliphatic carbocycles. The Morgan fingerprint density at radius 2 is 1.09 bits per heavy atom. The Balaban J connectivity index is 0.000000203. The zero-order valence-corrected chi connectivity index (χ0v) is 44.0. The van der Waals surface area contributed by atoms with E-state index in [0.29, 0.717) is 21.7 Å². The fourth-order valence-corrected chi connectivity index (χ4v) is 7.53. The van der Waals surface area contributed by atoms with Gasteiger partial charge >= 0.3 is 19.3 Å². The summed E-state index contributed by atoms with van der Waals surface area (Å²) in [5, 5.41) is 12.3. The topological polar surface area (TPSA) is 179 Å². The van der Waals surface area contributed by atoms with Crippen molar-refractivity contribution in [3.63, 3.8) is 0 Å². The number of benzene rings is 2. The summed E-state index contributed by atoms with van der Waals surface area (Å²) in [6, 6.07) is 18.0. The maximum atomic E-state index is 12.0. The van der Waals surface area contributed by atoms with Crippen LogP contribution in [0.25, 0.3) is 11.1 Å². The lowest BCUT2D eigenvalue weighted by Crippen LogP contribution is -2.41. The smallest absolute Gasteiger partial charge is 0.444 e. The molecule has 0 spiro atoms. The Hall–Kier alpha value is -4.74. The van der Waals surface area contributed by atoms with Crippen LogP contribution in [0.2, 0.25) is 10.0 Å². The van der Waals surface area contributed by atoms with Crippen molar-refractivity contribution in [2.75, 3.05) is 10.6 Å². The fourth-order valence-electron chi connectivity index (χ4n) is 6.50. The summed E-state index contributed by atoms with van der Waals surface area (Å²) in [7, 11) is -0.472. The first-order valence-corrected chi connectivity index (χ1v) is 24.3. The summed E-state index contributed by atoms with van der Waals surface area (Å²) in [6.45, 7) is 22.7. The summed E-state index contributed by atoms with van der Waals surface area (Å²) in [4.78, 5) is 55.5. The van der Waals surface area contributed by atoms with E-state index in [2.05, 4.69) is 47.2 Å². The van der Waals surface area contributed by atoms with E-state index in [9.17, 15) is 19.2 Å². The van der Waals surface area contributed by atoms with Gasteiger partial charge in [-0.2, -0.15) is 0 Å². The first kappa shape index (κ1) is 54.2. The second-order valence-electron chi connectivity index (χ2n) is 20.2. The van der Waals surface area contributed by atoms with Crippen molar-refractivity contribution in [2.45, 2.75) is 143 Å². The molecular formula is C50H64BBrCl2N6O8. The number of anilines is 2. The van der Waals surface area contributed by atoms with Gasteiger partial charge in [0.15, 0.2) is 0 Å². The Morgan fingerprint density at radius 3 is 1.51 bits per heavy atom. The fraction of sp³-hybridized carbons (Fsp3) is 0.480. The molecule has 7 rings (SSSR count). The molecule has 2 atom stereocenters. The number of ether oxygens (including phenoxy) is 2. The first-order valence-electron chi connectivity index (χ1n) is 22.7. The normalized spacial score (nSPS) is 16.9. The highest BCUT2D eigenvalue weighted by Gasteiger charge is 2.51. The van der Waals surface area contributed by atoms with Gasteiger partial charge in [0, 0.05) is 38.7 Å². The SMILES string of the molecule is C[C@@H](NC(=O)OC(C)(C)C)c1ccc(-c2ccnc(NC(=O)C3CC3)c2)cc1Cl.C[C@@H](NC(=O)OC(C)(C)C)c1ccc(B2OC(C)(C)C(C)(C)O2)cc1Cl.O=C(Nc1cc(Br)ccn1)C1CC1. The highest BCUT2D eigenvalue weighted by molar-refractivity contribution is 9.10. The molecule has 2 saturated carbocycles. The van der Waals surface area contributed by atoms with Crippen LogP contribution in [0.1, 0.15) is 132 Å². The number of pyridine rings is 2. The number of halogens is 3. The number of nitrogens with zero attached hydrogens (tertiary/aromatic N) is 2. The molecule has 3 aliphatic rings. The third kappa shape index (κ3) is 16.5. The Morgan fingerprint density at radius 1 is 0.662 bits per heavy atom. The zero-order valence-electron chi connectivity index (χ0n) is 40.9. The molecule has 14 nitrogen and oxygen atoms in total. The molecule has 68 heavy (non-hydrogen) atoms. The van der Waals surface area contributed by atoms with Crippen molar-refractivity contribution in [1.82, 2.24) is 20.6 Å². The minimum atomic E-state index is -0.564. The number of hydrogen-bond acceptors (Lipinski definition) is 10. The summed E-state index contributed by atoms with van der Waals surface area (Å²) in [5.41, 5.74) is 2.31. The molecule has 1 saturated heterocycles. The lowest BCUT2D eigenvalue weighted by Gasteiger charge is -2.32. The number of aromatic nitrogens is 2. The summed E-state index contributed by atoms with van der Waals surface area (Å²) in [6.07, 6.45) is 6.26. The van der Waals surface area contributed by atoms with Crippen LogP contribution >= 0.6 is 39.1 Å². The molecule has 4 amide bonds. The molecule has 4 aromatic rings. The van der Waals surface area contributed by atoms with Crippen LogP contribution in [-0.4, -0.2) is 63.5 Å². The second kappa shape index (κ2) is 22.3. The predicted octanol–water partition coefficient (Wildman–Crippen LogP) is 11.8. The number of rotatable bonds is 10. The van der Waals surface area contributed by atoms with Gasteiger partial charge in [0.25, 0.3) is 0 Å². The van der Waals surface area contributed by atoms with E-state index in [4.69, 9.17) is 42.0 Å². The van der Waals surface area contributed by atoms with Crippen LogP contribution in [0.4, 0.5) is 21.2 Å². The number of amides is 4. The maximum Gasteiger partial charge on any atom is 0.494 e. The van der Waals surface area contributed by atoms with E-state index in [1.165, 1.54) is 0 Å². The Labute approximate surface area is 419 Å². The van der Waals surface area contributed by atoms with Crippen molar-refractivity contribution < 1.29 is 38.0 Å². The molecule has 0 bridgehead atoms. The van der Waals surface area contributed by atoms with E-state index in [0.717, 1.165) is 57.9 Å². The second-order valence-corrected chi connectivity index (χ2v) is 21.9. The Bertz CT molecular complexity index is 2440. The van der Waals surface area contributed by atoms with Gasteiger partial charge in [-0.3, -0.25) is 9.59 Å². The van der Waals surface area contributed by atoms with Gasteiger partial charge in [-0.25, -0.2) is 19.6 Å². The number of nitrogens with one attached hydrogen (secondary N) is 4. The molecule has 0 radical (unpaired) electrons. The number of carbonyl (C=O) groups is 4. The van der Waals surface area contributed by atoms with Gasteiger partial charge in [-0.1, -0.05) is 63.4 Å². The first-order chi connectivity index (χ1) is 31.6. The molecule has 366 valence electrons. The van der Waals surface area contributed by atoms with Crippen LogP contribution in [0.15, 0.2) is 77.5 Å². The number of carbonyl (C=O) groups excluding carboxylic acids is 4. The molecule has 4 N–H and O–H groups in total. The average molecular weight is 1040 g/mol. The van der Waals surface area contributed by atoms with Gasteiger partial charge in [-0.15, -0.1) is 0 Å². The molecule has 18 heteroatoms. The van der Waals surface area contributed by atoms with E-state index >= 15 is 0 Å². The summed E-state index contributed by atoms with van der Waals surface area (Å²) in [5.74, 6) is 1.59. The van der Waals surface area contributed by atoms with Crippen LogP contribution in [0, 0.1) is 11.8 Å². The van der Waals surface area contributed by atoms with Gasteiger partial charge in [0.2, 0.25) is 11.8 Å². The van der Waals surface area contributed by atoms with Crippen LogP contribution in [-0.2, 0) is 28.4 Å². The summed E-state index contributed by atoms with van der Waals surface area (Å²) < 4.78 is 23.6. The monoisotopic (exact) mass is 1040 g/mol. The van der Waals surface area contributed by atoms with Crippen LogP contribution in [0.5, 0.6) is 0 Å². The van der Waals surface area contributed by atoms with Crippen molar-refractivity contribution >= 4 is 87.3 Å². The minimum Gasteiger partial charge on any atom is -0.444 e. The molecule has 3 fully saturated rings. The largest absolute Gasteiger partial charge is 0.494 e. The van der Waals surface area contributed by atoms with E-state index < -0.39 is 41.7 Å². The van der Waals surface area contributed by atoms with Crippen molar-refractivity contribution in [3.05, 3.63) is 98.7 Å². The van der Waals surface area contributed by atoms with Gasteiger partial charge in [0.1, 0.15) is 22.8 Å². The molecule has 3 heterocycles. The minimum absolute atomic E-state index is 0.0186. The molecule has 2 aromatic carbocycles. The quantitative estimate of drug-likeness (QED) is 0.112. The predicted molar refractivity (Wildman–Crippen MR) is 272 cm³/mol. The molecule has 2 aromatic heterocycles. The Kier molecular flexibility index (Phi) is 17.8. The van der Waals surface area contributed by atoms with Gasteiger partial charge in [0.05, 0.1) is 23.3 Å². The standard InChI is InChI=1S/C22H26ClN3O3.C19H29BClNO4.C9H9BrN2O/c1-13(25-21(28)29-22(2,3)4)17-8-7-15(11-18(17)23)16-9-10-24-19(12-16)26-20(27)14-5-6-14;1-12(22-16(23)24-17(2,3)4)14-10-9-13(11-15(14)21)20-25-18(5,6)19(7,8)26-20;10-7-3-4-11-8(5-7)12-9(13)6-1-2-6/h7-14H,5-6H2,1-4H3,(H,25,28)(H,24,26,27);9-12H,1-8H3,(H,22,23);3-6H,1-2H2,(H,11,12,13)/t13-;12-;/m11./s1. The summed E-state index contributed by atoms with van der Waals surface area (Å²) >= 11 is 16.3. The lowest BCUT2D eigenvalue weighted by molar-refractivity contribution is -0.118. The van der Waals surface area contributed by atoms with Crippen molar-refractivity contribution in [3.8, 4) is 11.1 Å². The van der Waals surface area contributed by atoms with E-state index in [1.54, 1.807) is 18.5 Å². The molecule has 1 aliphatic heterocycles. The average Bonchev–Trinajstić information content (AvgIpc) is 4.14. The maximum absolute atomic E-state index is 12.0. The number of hydrogen-bond donors (Lipinski definition) is 4. The van der Waals surface area contributed by atoms with Gasteiger partial charge < -0.3 is 40.0 Å². The van der Waals surface area contributed by atoms with E-state index in [-0.39, 0.29) is 35.7 Å². The molecule has 0 unspecified atom stereocenters. The third-order valence-corrected chi connectivity index (χ3v) is 12.3. The highest BCUT2D eigenvalue weighted by Crippen LogP contribution is 2.37. The van der Waals surface area contributed by atoms with E-state index in [1.807, 2.05) is 138 Å². The van der Waals surface area contributed by atoms with Crippen LogP contribution < -0.4 is 26.7 Å². The van der Waals surface area contributed by atoms with Crippen molar-refractivity contribution in [2.24, 2.45) is 11.8 Å². The number of alkyl carbamates (subject to hydrolysis) is 2. The van der Waals surface area contributed by atoms with Crippen LogP contribution in [0.3, 0.4) is 0 Å². The lowest BCUT2D eigenvalue weighted by atomic mass is 9.78. The zero-order chi connectivity index (χ0) is 50.4. The molecular weight excluding hydrogens is 974 g/mol. The third-order valence-electron chi connectivity index (χ3n) is 11.2. The van der Waals surface area contributed by atoms with Crippen molar-refractivity contribution in [1.29, 1.82) is 0 Å². The highest BCUT2D eigenvalue weighted by atomic mass is 79.9.